The second kappa shape index (κ2) is 7.69. The number of likely N-dealkylation sites (N-methyl/N-ethyl adjacent to an activating group) is 1. The first-order valence-electron chi connectivity index (χ1n) is 6.32. The molecule has 0 aromatic heterocycles. The zero-order valence-electron chi connectivity index (χ0n) is 11.9. The van der Waals surface area contributed by atoms with Gasteiger partial charge in [-0.1, -0.05) is 6.92 Å². The first kappa shape index (κ1) is 18.2. The Hall–Kier alpha value is -0.820. The fourth-order valence-corrected chi connectivity index (χ4v) is 1.79. The number of carbonyl (C=O) groups is 1. The van der Waals surface area contributed by atoms with E-state index in [9.17, 15) is 18.0 Å². The summed E-state index contributed by atoms with van der Waals surface area (Å²) in [7, 11) is 1.33. The minimum Gasteiger partial charge on any atom is -0.465 e. The lowest BCUT2D eigenvalue weighted by molar-refractivity contribution is -0.157. The quantitative estimate of drug-likeness (QED) is 0.690. The molecular formula is C12H23F3N2O2. The molecule has 0 amide bonds. The zero-order chi connectivity index (χ0) is 15.1. The monoisotopic (exact) mass is 284 g/mol. The molecule has 0 bridgehead atoms. The molecule has 0 aliphatic heterocycles. The highest BCUT2D eigenvalue weighted by Crippen LogP contribution is 2.17. The molecule has 1 unspecified atom stereocenters. The molecule has 7 heteroatoms. The number of halogens is 3. The molecule has 0 rings (SSSR count). The second-order valence-electron chi connectivity index (χ2n) is 4.77. The van der Waals surface area contributed by atoms with Crippen LogP contribution >= 0.6 is 0 Å². The molecule has 0 saturated carbocycles. The van der Waals surface area contributed by atoms with Crippen molar-refractivity contribution in [2.24, 2.45) is 0 Å². The minimum atomic E-state index is -4.28. The highest BCUT2D eigenvalue weighted by Gasteiger charge is 2.38. The summed E-state index contributed by atoms with van der Waals surface area (Å²) in [6, 6.07) is 0. The molecule has 1 atom stereocenters. The van der Waals surface area contributed by atoms with Crippen molar-refractivity contribution in [3.8, 4) is 0 Å². The number of nitrogens with one attached hydrogen (secondary N) is 1. The van der Waals surface area contributed by atoms with E-state index >= 15 is 0 Å². The maximum atomic E-state index is 12.3. The summed E-state index contributed by atoms with van der Waals surface area (Å²) in [5.74, 6) is -0.530. The van der Waals surface area contributed by atoms with E-state index in [1.165, 1.54) is 7.05 Å². The topological polar surface area (TPSA) is 41.6 Å². The zero-order valence-corrected chi connectivity index (χ0v) is 11.9. The molecule has 0 spiro atoms. The van der Waals surface area contributed by atoms with E-state index in [2.05, 4.69) is 5.32 Å². The first-order valence-corrected chi connectivity index (χ1v) is 6.32. The van der Waals surface area contributed by atoms with Gasteiger partial charge in [-0.2, -0.15) is 13.2 Å². The van der Waals surface area contributed by atoms with Gasteiger partial charge in [0.1, 0.15) is 5.54 Å². The maximum Gasteiger partial charge on any atom is 0.401 e. The average molecular weight is 284 g/mol. The van der Waals surface area contributed by atoms with E-state index in [4.69, 9.17) is 4.74 Å². The number of hydrogen-bond donors (Lipinski definition) is 1. The number of carbonyl (C=O) groups excluding carboxylic acids is 1. The summed E-state index contributed by atoms with van der Waals surface area (Å²) in [5, 5.41) is 2.96. The van der Waals surface area contributed by atoms with Crippen LogP contribution < -0.4 is 5.32 Å². The summed E-state index contributed by atoms with van der Waals surface area (Å²) in [4.78, 5) is 12.9. The van der Waals surface area contributed by atoms with Crippen LogP contribution in [0.25, 0.3) is 0 Å². The van der Waals surface area contributed by atoms with Crippen LogP contribution in [0.1, 0.15) is 27.2 Å². The van der Waals surface area contributed by atoms with E-state index < -0.39 is 24.2 Å². The van der Waals surface area contributed by atoms with E-state index in [1.807, 2.05) is 6.92 Å². The van der Waals surface area contributed by atoms with Gasteiger partial charge in [0.2, 0.25) is 0 Å². The van der Waals surface area contributed by atoms with E-state index in [1.54, 1.807) is 13.8 Å². The van der Waals surface area contributed by atoms with Gasteiger partial charge in [0.05, 0.1) is 13.2 Å². The van der Waals surface area contributed by atoms with Crippen LogP contribution in [0.5, 0.6) is 0 Å². The number of alkyl halides is 3. The Kier molecular flexibility index (Phi) is 7.36. The Labute approximate surface area is 112 Å². The van der Waals surface area contributed by atoms with Gasteiger partial charge in [-0.05, 0) is 33.9 Å². The van der Waals surface area contributed by atoms with Crippen LogP contribution in [-0.4, -0.2) is 55.9 Å². The lowest BCUT2D eigenvalue weighted by atomic mass is 10.0. The average Bonchev–Trinajstić information content (AvgIpc) is 2.23. The van der Waals surface area contributed by atoms with E-state index in [0.29, 0.717) is 6.54 Å². The van der Waals surface area contributed by atoms with Crippen LogP contribution in [0.3, 0.4) is 0 Å². The third-order valence-electron chi connectivity index (χ3n) is 2.53. The van der Waals surface area contributed by atoms with Crippen molar-refractivity contribution in [3.63, 3.8) is 0 Å². The van der Waals surface area contributed by atoms with Gasteiger partial charge in [-0.25, -0.2) is 0 Å². The molecule has 0 aromatic carbocycles. The summed E-state index contributed by atoms with van der Waals surface area (Å²) < 4.78 is 41.8. The second-order valence-corrected chi connectivity index (χ2v) is 4.77. The van der Waals surface area contributed by atoms with Crippen molar-refractivity contribution in [1.82, 2.24) is 10.2 Å². The Morgan fingerprint density at radius 3 is 2.26 bits per heavy atom. The van der Waals surface area contributed by atoms with Crippen LogP contribution in [0.15, 0.2) is 0 Å². The fraction of sp³-hybridized carbons (Fsp3) is 0.917. The lowest BCUT2D eigenvalue weighted by Gasteiger charge is -2.33. The molecular weight excluding hydrogens is 261 g/mol. The van der Waals surface area contributed by atoms with E-state index in [0.717, 1.165) is 11.3 Å². The standard InChI is InChI=1S/C12H23F3N2O2/c1-5-7-16-11(3,10(18)19-6-2)8-17(4)9-12(13,14)15/h16H,5-9H2,1-4H3. The smallest absolute Gasteiger partial charge is 0.401 e. The summed E-state index contributed by atoms with van der Waals surface area (Å²) in [6.07, 6.45) is -3.51. The van der Waals surface area contributed by atoms with Gasteiger partial charge in [-0.15, -0.1) is 0 Å². The fourth-order valence-electron chi connectivity index (χ4n) is 1.79. The molecule has 0 saturated heterocycles. The van der Waals surface area contributed by atoms with Gasteiger partial charge >= 0.3 is 12.1 Å². The summed E-state index contributed by atoms with van der Waals surface area (Å²) in [5.41, 5.74) is -1.13. The Morgan fingerprint density at radius 2 is 1.84 bits per heavy atom. The third kappa shape index (κ3) is 7.37. The molecule has 0 heterocycles. The molecule has 0 fully saturated rings. The normalized spacial score (nSPS) is 15.4. The van der Waals surface area contributed by atoms with Crippen molar-refractivity contribution in [1.29, 1.82) is 0 Å². The van der Waals surface area contributed by atoms with Crippen LogP contribution in [0.4, 0.5) is 13.2 Å². The van der Waals surface area contributed by atoms with Crippen LogP contribution in [0, 0.1) is 0 Å². The highest BCUT2D eigenvalue weighted by atomic mass is 19.4. The van der Waals surface area contributed by atoms with Gasteiger partial charge in [0.15, 0.2) is 0 Å². The largest absolute Gasteiger partial charge is 0.465 e. The molecule has 0 aromatic rings. The van der Waals surface area contributed by atoms with Crippen molar-refractivity contribution in [2.45, 2.75) is 38.9 Å². The van der Waals surface area contributed by atoms with Crippen molar-refractivity contribution in [2.75, 3.05) is 33.3 Å². The van der Waals surface area contributed by atoms with Gasteiger partial charge < -0.3 is 10.1 Å². The number of rotatable bonds is 8. The predicted octanol–water partition coefficient (Wildman–Crippen LogP) is 1.80. The molecule has 0 aliphatic rings. The Morgan fingerprint density at radius 1 is 1.26 bits per heavy atom. The first-order chi connectivity index (χ1) is 8.64. The Bertz CT molecular complexity index is 285. The third-order valence-corrected chi connectivity index (χ3v) is 2.53. The van der Waals surface area contributed by atoms with Gasteiger partial charge in [-0.3, -0.25) is 9.69 Å². The summed E-state index contributed by atoms with van der Waals surface area (Å²) in [6.45, 7) is 4.75. The van der Waals surface area contributed by atoms with E-state index in [-0.39, 0.29) is 13.2 Å². The van der Waals surface area contributed by atoms with Crippen molar-refractivity contribution < 1.29 is 22.7 Å². The Balaban J connectivity index is 4.70. The van der Waals surface area contributed by atoms with Crippen molar-refractivity contribution in [3.05, 3.63) is 0 Å². The molecule has 0 aliphatic carbocycles. The number of ether oxygens (including phenoxy) is 1. The molecule has 19 heavy (non-hydrogen) atoms. The van der Waals surface area contributed by atoms with Crippen LogP contribution in [-0.2, 0) is 9.53 Å². The number of hydrogen-bond acceptors (Lipinski definition) is 4. The SMILES string of the molecule is CCCNC(C)(CN(C)CC(F)(F)F)C(=O)OCC. The highest BCUT2D eigenvalue weighted by molar-refractivity contribution is 5.80. The molecule has 114 valence electrons. The predicted molar refractivity (Wildman–Crippen MR) is 66.9 cm³/mol. The maximum absolute atomic E-state index is 12.3. The molecule has 0 radical (unpaired) electrons. The molecule has 4 nitrogen and oxygen atoms in total. The molecule has 1 N–H and O–H groups in total. The summed E-state index contributed by atoms with van der Waals surface area (Å²) >= 11 is 0. The van der Waals surface area contributed by atoms with Gasteiger partial charge in [0, 0.05) is 6.54 Å². The number of nitrogens with zero attached hydrogens (tertiary/aromatic N) is 1. The number of esters is 1. The minimum absolute atomic E-state index is 0.0641. The van der Waals surface area contributed by atoms with Gasteiger partial charge in [0.25, 0.3) is 0 Å². The van der Waals surface area contributed by atoms with Crippen LogP contribution in [0.2, 0.25) is 0 Å². The van der Waals surface area contributed by atoms with Crippen molar-refractivity contribution >= 4 is 5.97 Å². The lowest BCUT2D eigenvalue weighted by Crippen LogP contribution is -2.58.